The molecule has 17 heavy (non-hydrogen) atoms. The molecule has 0 heterocycles. The molecule has 2 nitrogen and oxygen atoms in total. The molecule has 0 spiro atoms. The molecule has 2 N–H and O–H groups in total. The van der Waals surface area contributed by atoms with Crippen molar-refractivity contribution in [2.24, 2.45) is 0 Å². The van der Waals surface area contributed by atoms with Crippen molar-refractivity contribution in [2.75, 3.05) is 6.61 Å². The highest BCUT2D eigenvalue weighted by Gasteiger charge is 2.34. The molecule has 0 saturated heterocycles. The highest BCUT2D eigenvalue weighted by atomic mass is 16.3. The van der Waals surface area contributed by atoms with Gasteiger partial charge >= 0.3 is 0 Å². The molecule has 0 radical (unpaired) electrons. The Morgan fingerprint density at radius 3 is 2.06 bits per heavy atom. The van der Waals surface area contributed by atoms with Gasteiger partial charge < -0.3 is 10.2 Å². The first kappa shape index (κ1) is 13.7. The maximum atomic E-state index is 10.6. The predicted molar refractivity (Wildman–Crippen MR) is 70.8 cm³/mol. The summed E-state index contributed by atoms with van der Waals surface area (Å²) in [4.78, 5) is 0. The van der Waals surface area contributed by atoms with E-state index >= 15 is 0 Å². The Morgan fingerprint density at radius 1 is 1.12 bits per heavy atom. The van der Waals surface area contributed by atoms with E-state index in [4.69, 9.17) is 0 Å². The van der Waals surface area contributed by atoms with Gasteiger partial charge in [0.1, 0.15) is 0 Å². The Kier molecular flexibility index (Phi) is 5.13. The van der Waals surface area contributed by atoms with Crippen LogP contribution in [0, 0.1) is 0 Å². The van der Waals surface area contributed by atoms with Gasteiger partial charge in [-0.3, -0.25) is 0 Å². The zero-order valence-corrected chi connectivity index (χ0v) is 10.0. The van der Waals surface area contributed by atoms with Gasteiger partial charge in [0.2, 0.25) is 0 Å². The second kappa shape index (κ2) is 6.38. The lowest BCUT2D eigenvalue weighted by atomic mass is 9.78. The molecular weight excluding hydrogens is 212 g/mol. The third-order valence-electron chi connectivity index (χ3n) is 3.03. The molecule has 0 aliphatic heterocycles. The summed E-state index contributed by atoms with van der Waals surface area (Å²) in [6.45, 7) is 7.23. The third-order valence-corrected chi connectivity index (χ3v) is 3.03. The minimum atomic E-state index is -1.01. The number of rotatable bonds is 7. The number of aliphatic hydroxyl groups is 2. The van der Waals surface area contributed by atoms with Crippen LogP contribution in [0.15, 0.2) is 55.6 Å². The van der Waals surface area contributed by atoms with Crippen LogP contribution in [0.5, 0.6) is 0 Å². The lowest BCUT2D eigenvalue weighted by molar-refractivity contribution is -0.00159. The standard InChI is InChI=1S/C15H20O2/c1-3-10-15(17,11-4-2)14(12-16)13-8-6-5-7-9-13/h3-9,14,16-17H,1-2,10-12H2. The number of benzene rings is 1. The minimum absolute atomic E-state index is 0.0950. The average molecular weight is 232 g/mol. The molecule has 1 aromatic rings. The molecule has 2 heteroatoms. The molecule has 0 amide bonds. The molecule has 1 unspecified atom stereocenters. The summed E-state index contributed by atoms with van der Waals surface area (Å²) < 4.78 is 0. The SMILES string of the molecule is C=CCC(O)(CC=C)C(CO)c1ccccc1. The summed E-state index contributed by atoms with van der Waals surface area (Å²) in [5, 5.41) is 20.2. The van der Waals surface area contributed by atoms with Crippen LogP contribution in [-0.4, -0.2) is 22.4 Å². The van der Waals surface area contributed by atoms with Crippen LogP contribution in [0.2, 0.25) is 0 Å². The van der Waals surface area contributed by atoms with Crippen molar-refractivity contribution in [2.45, 2.75) is 24.4 Å². The van der Waals surface area contributed by atoms with Gasteiger partial charge in [0.05, 0.1) is 12.2 Å². The van der Waals surface area contributed by atoms with Crippen molar-refractivity contribution >= 4 is 0 Å². The van der Waals surface area contributed by atoms with Crippen LogP contribution in [0.25, 0.3) is 0 Å². The van der Waals surface area contributed by atoms with Gasteiger partial charge in [-0.15, -0.1) is 13.2 Å². The summed E-state index contributed by atoms with van der Waals surface area (Å²) in [6.07, 6.45) is 4.21. The van der Waals surface area contributed by atoms with E-state index in [1.54, 1.807) is 12.2 Å². The summed E-state index contributed by atoms with van der Waals surface area (Å²) in [7, 11) is 0. The van der Waals surface area contributed by atoms with E-state index < -0.39 is 5.60 Å². The molecule has 0 saturated carbocycles. The monoisotopic (exact) mass is 232 g/mol. The van der Waals surface area contributed by atoms with Gasteiger partial charge in [0.15, 0.2) is 0 Å². The fraction of sp³-hybridized carbons (Fsp3) is 0.333. The first-order valence-electron chi connectivity index (χ1n) is 5.78. The van der Waals surface area contributed by atoms with E-state index in [2.05, 4.69) is 13.2 Å². The number of hydrogen-bond donors (Lipinski definition) is 2. The normalized spacial score (nSPS) is 13.1. The van der Waals surface area contributed by atoms with E-state index in [0.29, 0.717) is 12.8 Å². The van der Waals surface area contributed by atoms with Crippen molar-refractivity contribution < 1.29 is 10.2 Å². The van der Waals surface area contributed by atoms with Gasteiger partial charge in [0, 0.05) is 5.92 Å². The molecule has 0 fully saturated rings. The van der Waals surface area contributed by atoms with Crippen molar-refractivity contribution in [3.05, 3.63) is 61.2 Å². The van der Waals surface area contributed by atoms with Crippen LogP contribution >= 0.6 is 0 Å². The predicted octanol–water partition coefficient (Wildman–Crippen LogP) is 2.65. The van der Waals surface area contributed by atoms with E-state index in [1.165, 1.54) is 0 Å². The second-order valence-corrected chi connectivity index (χ2v) is 4.24. The highest BCUT2D eigenvalue weighted by Crippen LogP contribution is 2.34. The van der Waals surface area contributed by atoms with E-state index in [0.717, 1.165) is 5.56 Å². The topological polar surface area (TPSA) is 40.5 Å². The Morgan fingerprint density at radius 2 is 1.65 bits per heavy atom. The summed E-state index contributed by atoms with van der Waals surface area (Å²) in [5.41, 5.74) is -0.0826. The molecule has 0 aliphatic rings. The van der Waals surface area contributed by atoms with Gasteiger partial charge in [-0.05, 0) is 18.4 Å². The summed E-state index contributed by atoms with van der Waals surface area (Å²) in [6, 6.07) is 9.55. The van der Waals surface area contributed by atoms with E-state index in [1.807, 2.05) is 30.3 Å². The van der Waals surface area contributed by atoms with Gasteiger partial charge in [0.25, 0.3) is 0 Å². The Labute approximate surface area is 103 Å². The summed E-state index contributed by atoms with van der Waals surface area (Å²) >= 11 is 0. The maximum Gasteiger partial charge on any atom is 0.0806 e. The molecule has 1 rings (SSSR count). The first-order valence-corrected chi connectivity index (χ1v) is 5.78. The Bertz CT molecular complexity index is 346. The van der Waals surface area contributed by atoms with Crippen LogP contribution < -0.4 is 0 Å². The third kappa shape index (κ3) is 3.29. The lowest BCUT2D eigenvalue weighted by Crippen LogP contribution is -2.37. The minimum Gasteiger partial charge on any atom is -0.396 e. The fourth-order valence-electron chi connectivity index (χ4n) is 2.14. The average Bonchev–Trinajstić information content (AvgIpc) is 2.31. The van der Waals surface area contributed by atoms with E-state index in [9.17, 15) is 10.2 Å². The molecule has 0 aliphatic carbocycles. The van der Waals surface area contributed by atoms with E-state index in [-0.39, 0.29) is 12.5 Å². The molecular formula is C15H20O2. The van der Waals surface area contributed by atoms with Crippen LogP contribution in [0.3, 0.4) is 0 Å². The van der Waals surface area contributed by atoms with Crippen molar-refractivity contribution in [3.63, 3.8) is 0 Å². The highest BCUT2D eigenvalue weighted by molar-refractivity contribution is 5.24. The zero-order chi connectivity index (χ0) is 12.7. The van der Waals surface area contributed by atoms with Crippen LogP contribution in [-0.2, 0) is 0 Å². The van der Waals surface area contributed by atoms with Gasteiger partial charge in [-0.1, -0.05) is 42.5 Å². The van der Waals surface area contributed by atoms with Gasteiger partial charge in [-0.2, -0.15) is 0 Å². The molecule has 0 bridgehead atoms. The van der Waals surface area contributed by atoms with Crippen molar-refractivity contribution in [1.29, 1.82) is 0 Å². The largest absolute Gasteiger partial charge is 0.396 e. The van der Waals surface area contributed by atoms with Crippen LogP contribution in [0.1, 0.15) is 24.3 Å². The zero-order valence-electron chi connectivity index (χ0n) is 10.0. The first-order chi connectivity index (χ1) is 8.18. The van der Waals surface area contributed by atoms with Crippen molar-refractivity contribution in [3.8, 4) is 0 Å². The Balaban J connectivity index is 3.04. The smallest absolute Gasteiger partial charge is 0.0806 e. The maximum absolute atomic E-state index is 10.6. The number of hydrogen-bond acceptors (Lipinski definition) is 2. The molecule has 1 aromatic carbocycles. The quantitative estimate of drug-likeness (QED) is 0.709. The van der Waals surface area contributed by atoms with Crippen LogP contribution in [0.4, 0.5) is 0 Å². The molecule has 1 atom stereocenters. The van der Waals surface area contributed by atoms with Crippen molar-refractivity contribution in [1.82, 2.24) is 0 Å². The summed E-state index contributed by atoms with van der Waals surface area (Å²) in [5.74, 6) is -0.320. The lowest BCUT2D eigenvalue weighted by Gasteiger charge is -2.34. The Hall–Kier alpha value is -1.38. The fourth-order valence-corrected chi connectivity index (χ4v) is 2.14. The second-order valence-electron chi connectivity index (χ2n) is 4.24. The molecule has 92 valence electrons. The molecule has 0 aromatic heterocycles. The number of aliphatic hydroxyl groups excluding tert-OH is 1. The van der Waals surface area contributed by atoms with Gasteiger partial charge in [-0.25, -0.2) is 0 Å².